The van der Waals surface area contributed by atoms with Crippen molar-refractivity contribution in [3.63, 3.8) is 0 Å². The first kappa shape index (κ1) is 19.3. The molecule has 2 bridgehead atoms. The minimum absolute atomic E-state index is 0.579. The molecule has 0 amide bonds. The number of benzene rings is 1. The van der Waals surface area contributed by atoms with E-state index in [1.165, 1.54) is 37.1 Å². The summed E-state index contributed by atoms with van der Waals surface area (Å²) in [5.74, 6) is 3.89. The Morgan fingerprint density at radius 1 is 0.963 bits per heavy atom. The Bertz CT molecular complexity index is 663. The molecule has 3 aliphatic carbocycles. The van der Waals surface area contributed by atoms with E-state index in [2.05, 4.69) is 76.5 Å². The summed E-state index contributed by atoms with van der Waals surface area (Å²) in [5.41, 5.74) is 5.19. The van der Waals surface area contributed by atoms with Crippen molar-refractivity contribution in [1.82, 2.24) is 4.90 Å². The smallest absolute Gasteiger partial charge is 0.0710 e. The van der Waals surface area contributed by atoms with Gasteiger partial charge >= 0.3 is 0 Å². The molecule has 0 radical (unpaired) electrons. The Balaban J connectivity index is 1.56. The van der Waals surface area contributed by atoms with Gasteiger partial charge in [0, 0.05) is 24.8 Å². The van der Waals surface area contributed by atoms with Crippen LogP contribution in [0.5, 0.6) is 0 Å². The van der Waals surface area contributed by atoms with Gasteiger partial charge in [0.15, 0.2) is 0 Å². The first-order chi connectivity index (χ1) is 12.7. The molecule has 0 aromatic heterocycles. The molecule has 1 heterocycles. The maximum absolute atomic E-state index is 2.82. The molecule has 1 saturated heterocycles. The lowest BCUT2D eigenvalue weighted by atomic mass is 9.44. The van der Waals surface area contributed by atoms with Crippen molar-refractivity contribution in [2.75, 3.05) is 24.7 Å². The summed E-state index contributed by atoms with van der Waals surface area (Å²) in [4.78, 5) is 5.52. The van der Waals surface area contributed by atoms with Gasteiger partial charge in [0.05, 0.1) is 6.67 Å². The van der Waals surface area contributed by atoms with E-state index in [4.69, 9.17) is 0 Å². The summed E-state index contributed by atoms with van der Waals surface area (Å²) in [6, 6.07) is 7.77. The van der Waals surface area contributed by atoms with Crippen LogP contribution in [0.2, 0.25) is 0 Å². The van der Waals surface area contributed by atoms with Gasteiger partial charge in [-0.3, -0.25) is 4.90 Å². The van der Waals surface area contributed by atoms with Crippen LogP contribution in [0.25, 0.3) is 0 Å². The molecule has 5 rings (SSSR count). The molecule has 3 saturated carbocycles. The van der Waals surface area contributed by atoms with E-state index < -0.39 is 0 Å². The number of hydrogen-bond donors (Lipinski definition) is 0. The molecule has 2 heteroatoms. The molecule has 4 aliphatic rings. The van der Waals surface area contributed by atoms with Crippen LogP contribution >= 0.6 is 0 Å². The highest BCUT2D eigenvalue weighted by molar-refractivity contribution is 5.62. The summed E-state index contributed by atoms with van der Waals surface area (Å²) in [6.07, 6.45) is 2.90. The Morgan fingerprint density at radius 2 is 1.59 bits per heavy atom. The van der Waals surface area contributed by atoms with Crippen LogP contribution in [0, 0.1) is 23.2 Å². The second kappa shape index (κ2) is 6.79. The lowest BCUT2D eigenvalue weighted by Gasteiger charge is -2.63. The lowest BCUT2D eigenvalue weighted by Crippen LogP contribution is -2.60. The van der Waals surface area contributed by atoms with Gasteiger partial charge < -0.3 is 4.90 Å². The number of fused-ring (bicyclic) bond motifs is 2. The van der Waals surface area contributed by atoms with E-state index in [0.29, 0.717) is 17.3 Å². The third kappa shape index (κ3) is 3.03. The molecular weight excluding hydrogens is 328 g/mol. The van der Waals surface area contributed by atoms with Gasteiger partial charge in [0.25, 0.3) is 0 Å². The Kier molecular flexibility index (Phi) is 4.86. The van der Waals surface area contributed by atoms with Gasteiger partial charge in [-0.2, -0.15) is 0 Å². The van der Waals surface area contributed by atoms with E-state index in [0.717, 1.165) is 30.5 Å². The number of rotatable bonds is 4. The van der Waals surface area contributed by atoms with Crippen molar-refractivity contribution in [3.05, 3.63) is 29.3 Å². The zero-order chi connectivity index (χ0) is 19.5. The summed E-state index contributed by atoms with van der Waals surface area (Å²) < 4.78 is 0. The normalized spacial score (nSPS) is 33.0. The molecule has 0 N–H and O–H groups in total. The van der Waals surface area contributed by atoms with Crippen molar-refractivity contribution >= 4 is 5.69 Å². The summed E-state index contributed by atoms with van der Waals surface area (Å²) >= 11 is 0. The monoisotopic (exact) mass is 368 g/mol. The van der Waals surface area contributed by atoms with Crippen LogP contribution < -0.4 is 4.90 Å². The Hall–Kier alpha value is -1.02. The van der Waals surface area contributed by atoms with Crippen LogP contribution in [0.1, 0.15) is 84.3 Å². The second-order valence-corrected chi connectivity index (χ2v) is 10.8. The SMILES string of the molecule is CC(C)c1cccc(C(C)C)c1N1CCN(C2C[C@H]3C[C@@H]([C@H]2C)C3(C)C)C1. The quantitative estimate of drug-likeness (QED) is 0.635. The molecule has 4 fully saturated rings. The fourth-order valence-electron chi connectivity index (χ4n) is 6.54. The zero-order valence-electron chi connectivity index (χ0n) is 18.6. The van der Waals surface area contributed by atoms with Crippen LogP contribution in [-0.2, 0) is 0 Å². The van der Waals surface area contributed by atoms with Crippen molar-refractivity contribution in [1.29, 1.82) is 0 Å². The Labute approximate surface area is 167 Å². The van der Waals surface area contributed by atoms with Gasteiger partial charge in [0.1, 0.15) is 0 Å². The van der Waals surface area contributed by atoms with E-state index in [1.807, 2.05) is 0 Å². The maximum Gasteiger partial charge on any atom is 0.0710 e. The molecule has 0 spiro atoms. The molecular formula is C25H40N2. The van der Waals surface area contributed by atoms with Crippen LogP contribution in [0.4, 0.5) is 5.69 Å². The second-order valence-electron chi connectivity index (χ2n) is 10.8. The highest BCUT2D eigenvalue weighted by atomic mass is 15.4. The first-order valence-corrected chi connectivity index (χ1v) is 11.3. The molecule has 1 aliphatic heterocycles. The summed E-state index contributed by atoms with van der Waals surface area (Å²) in [6.45, 7) is 20.5. The van der Waals surface area contributed by atoms with Crippen LogP contribution in [0.15, 0.2) is 18.2 Å². The topological polar surface area (TPSA) is 6.48 Å². The number of anilines is 1. The van der Waals surface area contributed by atoms with Crippen LogP contribution in [0.3, 0.4) is 0 Å². The van der Waals surface area contributed by atoms with Gasteiger partial charge in [-0.1, -0.05) is 66.7 Å². The van der Waals surface area contributed by atoms with E-state index in [-0.39, 0.29) is 0 Å². The van der Waals surface area contributed by atoms with Crippen LogP contribution in [-0.4, -0.2) is 30.7 Å². The number of para-hydroxylation sites is 1. The van der Waals surface area contributed by atoms with Gasteiger partial charge in [-0.25, -0.2) is 0 Å². The fraction of sp³-hybridized carbons (Fsp3) is 0.760. The molecule has 150 valence electrons. The van der Waals surface area contributed by atoms with Gasteiger partial charge in [0.2, 0.25) is 0 Å². The molecule has 1 aromatic carbocycles. The van der Waals surface area contributed by atoms with Crippen molar-refractivity contribution < 1.29 is 0 Å². The third-order valence-electron chi connectivity index (χ3n) is 8.45. The molecule has 1 unspecified atom stereocenters. The van der Waals surface area contributed by atoms with Gasteiger partial charge in [-0.15, -0.1) is 0 Å². The van der Waals surface area contributed by atoms with E-state index in [1.54, 1.807) is 5.69 Å². The Morgan fingerprint density at radius 3 is 2.11 bits per heavy atom. The average Bonchev–Trinajstić information content (AvgIpc) is 3.10. The first-order valence-electron chi connectivity index (χ1n) is 11.3. The predicted octanol–water partition coefficient (Wildman–Crippen LogP) is 6.08. The molecule has 4 atom stereocenters. The minimum atomic E-state index is 0.579. The zero-order valence-corrected chi connectivity index (χ0v) is 18.6. The lowest BCUT2D eigenvalue weighted by molar-refractivity contribution is -0.135. The van der Waals surface area contributed by atoms with Crippen molar-refractivity contribution in [2.24, 2.45) is 23.2 Å². The van der Waals surface area contributed by atoms with E-state index >= 15 is 0 Å². The standard InChI is InChI=1S/C25H40N2/c1-16(2)20-9-8-10-21(17(3)4)24(20)27-12-11-26(15-27)23-14-19-13-22(18(23)5)25(19,6)7/h8-10,16-19,22-23H,11-15H2,1-7H3/t18-,19-,22+,23?/m1/s1. The third-order valence-corrected chi connectivity index (χ3v) is 8.45. The highest BCUT2D eigenvalue weighted by Crippen LogP contribution is 2.62. The van der Waals surface area contributed by atoms with Crippen molar-refractivity contribution in [2.45, 2.75) is 79.2 Å². The highest BCUT2D eigenvalue weighted by Gasteiger charge is 2.57. The number of nitrogens with zero attached hydrogens (tertiary/aromatic N) is 2. The maximum atomic E-state index is 2.82. The predicted molar refractivity (Wildman–Crippen MR) is 116 cm³/mol. The summed E-state index contributed by atoms with van der Waals surface area (Å²) in [5, 5.41) is 0. The molecule has 2 nitrogen and oxygen atoms in total. The minimum Gasteiger partial charge on any atom is -0.357 e. The largest absolute Gasteiger partial charge is 0.357 e. The summed E-state index contributed by atoms with van der Waals surface area (Å²) in [7, 11) is 0. The fourth-order valence-corrected chi connectivity index (χ4v) is 6.54. The van der Waals surface area contributed by atoms with Crippen molar-refractivity contribution in [3.8, 4) is 0 Å². The van der Waals surface area contributed by atoms with Gasteiger partial charge in [-0.05, 0) is 59.0 Å². The molecule has 27 heavy (non-hydrogen) atoms. The molecule has 1 aromatic rings. The average molecular weight is 369 g/mol. The van der Waals surface area contributed by atoms with E-state index in [9.17, 15) is 0 Å². The number of hydrogen-bond acceptors (Lipinski definition) is 2.